The van der Waals surface area contributed by atoms with E-state index in [9.17, 15) is 14.4 Å². The molecule has 0 aromatic carbocycles. The van der Waals surface area contributed by atoms with Crippen LogP contribution in [0.3, 0.4) is 0 Å². The minimum absolute atomic E-state index is 0.0653. The number of hydrogen-bond donors (Lipinski definition) is 0. The second kappa shape index (κ2) is 71.8. The van der Waals surface area contributed by atoms with E-state index in [1.807, 2.05) is 0 Å². The Labute approximate surface area is 518 Å². The zero-order valence-electron chi connectivity index (χ0n) is 56.0. The number of carbonyl (C=O) groups excluding carboxylic acids is 3. The molecule has 6 heteroatoms. The van der Waals surface area contributed by atoms with E-state index in [4.69, 9.17) is 14.2 Å². The van der Waals surface area contributed by atoms with Gasteiger partial charge in [-0.3, -0.25) is 14.4 Å². The van der Waals surface area contributed by atoms with Crippen LogP contribution in [-0.4, -0.2) is 37.2 Å². The van der Waals surface area contributed by atoms with E-state index in [1.54, 1.807) is 0 Å². The van der Waals surface area contributed by atoms with Gasteiger partial charge < -0.3 is 14.2 Å². The third-order valence-corrected chi connectivity index (χ3v) is 16.8. The van der Waals surface area contributed by atoms with Crippen LogP contribution in [-0.2, 0) is 28.6 Å². The van der Waals surface area contributed by atoms with Gasteiger partial charge in [-0.2, -0.15) is 0 Å². The smallest absolute Gasteiger partial charge is 0.306 e. The number of rotatable bonds is 69. The topological polar surface area (TPSA) is 78.9 Å². The van der Waals surface area contributed by atoms with Gasteiger partial charge in [0.15, 0.2) is 6.10 Å². The minimum atomic E-state index is -0.769. The van der Waals surface area contributed by atoms with Crippen LogP contribution in [0.2, 0.25) is 0 Å². The van der Waals surface area contributed by atoms with Crippen molar-refractivity contribution in [3.63, 3.8) is 0 Å². The minimum Gasteiger partial charge on any atom is -0.462 e. The molecule has 1 atom stereocenters. The molecule has 0 aliphatic rings. The third-order valence-electron chi connectivity index (χ3n) is 16.8. The van der Waals surface area contributed by atoms with Crippen molar-refractivity contribution in [1.29, 1.82) is 0 Å². The number of ether oxygens (including phenoxy) is 3. The second-order valence-corrected chi connectivity index (χ2v) is 25.2. The van der Waals surface area contributed by atoms with Crippen molar-refractivity contribution in [2.45, 2.75) is 412 Å². The average Bonchev–Trinajstić information content (AvgIpc) is 3.49. The molecule has 0 bridgehead atoms. The van der Waals surface area contributed by atoms with Crippen LogP contribution in [0.25, 0.3) is 0 Å². The number of allylic oxidation sites excluding steroid dienone is 8. The molecule has 0 heterocycles. The Bertz CT molecular complexity index is 1430. The van der Waals surface area contributed by atoms with E-state index in [-0.39, 0.29) is 31.1 Å². The van der Waals surface area contributed by atoms with Gasteiger partial charge in [-0.05, 0) is 57.8 Å². The Kier molecular flexibility index (Phi) is 69.6. The Morgan fingerprint density at radius 1 is 0.253 bits per heavy atom. The van der Waals surface area contributed by atoms with E-state index in [2.05, 4.69) is 69.4 Å². The highest BCUT2D eigenvalue weighted by Gasteiger charge is 2.20. The molecule has 0 fully saturated rings. The predicted molar refractivity (Wildman–Crippen MR) is 362 cm³/mol. The summed E-state index contributed by atoms with van der Waals surface area (Å²) in [5, 5.41) is 0. The first kappa shape index (κ1) is 80.4. The molecule has 6 nitrogen and oxygen atoms in total. The zero-order valence-corrected chi connectivity index (χ0v) is 56.0. The van der Waals surface area contributed by atoms with Crippen LogP contribution < -0.4 is 0 Å². The number of unbranched alkanes of at least 4 members (excludes halogenated alkanes) is 50. The molecule has 0 amide bonds. The Morgan fingerprint density at radius 2 is 0.470 bits per heavy atom. The van der Waals surface area contributed by atoms with Crippen molar-refractivity contribution in [1.82, 2.24) is 0 Å². The summed E-state index contributed by atoms with van der Waals surface area (Å²) >= 11 is 0. The van der Waals surface area contributed by atoms with Crippen LogP contribution in [0.15, 0.2) is 48.6 Å². The monoisotopic (exact) mass is 1160 g/mol. The molecule has 0 aliphatic carbocycles. The van der Waals surface area contributed by atoms with Gasteiger partial charge in [0.1, 0.15) is 13.2 Å². The fourth-order valence-electron chi connectivity index (χ4n) is 11.3. The molecule has 0 aromatic heterocycles. The molecule has 83 heavy (non-hydrogen) atoms. The lowest BCUT2D eigenvalue weighted by Gasteiger charge is -2.18. The average molecular weight is 1160 g/mol. The van der Waals surface area contributed by atoms with Gasteiger partial charge >= 0.3 is 17.9 Å². The Morgan fingerprint density at radius 3 is 0.735 bits per heavy atom. The van der Waals surface area contributed by atoms with Crippen LogP contribution in [0.1, 0.15) is 406 Å². The highest BCUT2D eigenvalue weighted by Crippen LogP contribution is 2.19. The van der Waals surface area contributed by atoms with Gasteiger partial charge in [0.05, 0.1) is 0 Å². The lowest BCUT2D eigenvalue weighted by atomic mass is 10.0. The van der Waals surface area contributed by atoms with E-state index >= 15 is 0 Å². The normalized spacial score (nSPS) is 12.3. The summed E-state index contributed by atoms with van der Waals surface area (Å²) in [5.74, 6) is -0.833. The molecule has 0 aromatic rings. The molecule has 0 saturated carbocycles. The van der Waals surface area contributed by atoms with Crippen LogP contribution >= 0.6 is 0 Å². The summed E-state index contributed by atoms with van der Waals surface area (Å²) in [7, 11) is 0. The largest absolute Gasteiger partial charge is 0.462 e. The first-order valence-electron chi connectivity index (χ1n) is 37.1. The lowest BCUT2D eigenvalue weighted by Crippen LogP contribution is -2.30. The standard InChI is InChI=1S/C77H142O6/c1-4-7-10-13-16-19-22-25-27-29-31-33-35-37-38-39-40-41-43-44-46-48-50-52-55-58-61-64-67-70-76(79)82-73-74(72-81-75(78)69-66-63-60-57-54-24-21-18-15-12-9-6-3)83-77(80)71-68-65-62-59-56-53-51-49-47-45-42-36-34-32-30-28-26-23-20-17-14-11-8-5-2/h7,10,16,19,25,27,31,33,74H,4-6,8-9,11-15,17-18,20-24,26,28-30,32,34-73H2,1-3H3/b10-7-,19-16-,27-25-,33-31-. The number of carbonyl (C=O) groups is 3. The molecular weight excluding hydrogens is 1020 g/mol. The van der Waals surface area contributed by atoms with E-state index in [0.29, 0.717) is 19.3 Å². The first-order chi connectivity index (χ1) is 41.0. The summed E-state index contributed by atoms with van der Waals surface area (Å²) in [6.45, 7) is 6.61. The molecule has 0 aliphatic heterocycles. The Hall–Kier alpha value is -2.63. The van der Waals surface area contributed by atoms with Gasteiger partial charge in [0.2, 0.25) is 0 Å². The SMILES string of the molecule is CC/C=C\C/C=C\C/C=C\C/C=C\CCCCCCCCCCCCCCCCCCC(=O)OCC(COC(=O)CCCCCCCCCCCCCC)OC(=O)CCCCCCCCCCCCCCCCCCCCCCCCCC. The van der Waals surface area contributed by atoms with Crippen LogP contribution in [0.4, 0.5) is 0 Å². The van der Waals surface area contributed by atoms with Crippen LogP contribution in [0.5, 0.6) is 0 Å². The third kappa shape index (κ3) is 70.0. The highest BCUT2D eigenvalue weighted by molar-refractivity contribution is 5.71. The lowest BCUT2D eigenvalue weighted by molar-refractivity contribution is -0.167. The highest BCUT2D eigenvalue weighted by atomic mass is 16.6. The van der Waals surface area contributed by atoms with Gasteiger partial charge in [0.25, 0.3) is 0 Å². The van der Waals surface area contributed by atoms with Gasteiger partial charge in [-0.25, -0.2) is 0 Å². The van der Waals surface area contributed by atoms with Crippen molar-refractivity contribution >= 4 is 17.9 Å². The Balaban J connectivity index is 4.16. The molecule has 1 unspecified atom stereocenters. The van der Waals surface area contributed by atoms with Crippen molar-refractivity contribution in [2.24, 2.45) is 0 Å². The van der Waals surface area contributed by atoms with E-state index < -0.39 is 6.10 Å². The van der Waals surface area contributed by atoms with E-state index in [0.717, 1.165) is 83.5 Å². The fraction of sp³-hybridized carbons (Fsp3) is 0.857. The summed E-state index contributed by atoms with van der Waals surface area (Å²) in [6, 6.07) is 0. The van der Waals surface area contributed by atoms with Crippen molar-refractivity contribution in [3.8, 4) is 0 Å². The van der Waals surface area contributed by atoms with Gasteiger partial charge in [0, 0.05) is 19.3 Å². The predicted octanol–water partition coefficient (Wildman–Crippen LogP) is 25.7. The molecule has 0 radical (unpaired) electrons. The van der Waals surface area contributed by atoms with Gasteiger partial charge in [-0.1, -0.05) is 378 Å². The second-order valence-electron chi connectivity index (χ2n) is 25.2. The number of esters is 3. The summed E-state index contributed by atoms with van der Waals surface area (Å²) in [5.41, 5.74) is 0. The summed E-state index contributed by atoms with van der Waals surface area (Å²) in [4.78, 5) is 38.5. The molecule has 0 N–H and O–H groups in total. The molecule has 0 saturated heterocycles. The van der Waals surface area contributed by atoms with Crippen LogP contribution in [0, 0.1) is 0 Å². The quantitative estimate of drug-likeness (QED) is 0.0261. The molecule has 486 valence electrons. The fourth-order valence-corrected chi connectivity index (χ4v) is 11.3. The first-order valence-corrected chi connectivity index (χ1v) is 37.1. The number of hydrogen-bond acceptors (Lipinski definition) is 6. The summed E-state index contributed by atoms with van der Waals surface area (Å²) in [6.07, 6.45) is 91.6. The van der Waals surface area contributed by atoms with Crippen molar-refractivity contribution < 1.29 is 28.6 Å². The maximum Gasteiger partial charge on any atom is 0.306 e. The molecule has 0 spiro atoms. The van der Waals surface area contributed by atoms with E-state index in [1.165, 1.54) is 283 Å². The van der Waals surface area contributed by atoms with Gasteiger partial charge in [-0.15, -0.1) is 0 Å². The van der Waals surface area contributed by atoms with Crippen molar-refractivity contribution in [3.05, 3.63) is 48.6 Å². The maximum atomic E-state index is 13.0. The zero-order chi connectivity index (χ0) is 59.9. The van der Waals surface area contributed by atoms with Crippen molar-refractivity contribution in [2.75, 3.05) is 13.2 Å². The summed E-state index contributed by atoms with van der Waals surface area (Å²) < 4.78 is 17.0. The maximum absolute atomic E-state index is 13.0. The molecular formula is C77H142O6. The molecule has 0 rings (SSSR count).